The van der Waals surface area contributed by atoms with Crippen LogP contribution in [0.3, 0.4) is 0 Å². The van der Waals surface area contributed by atoms with Gasteiger partial charge in [-0.2, -0.15) is 0 Å². The van der Waals surface area contributed by atoms with Crippen molar-refractivity contribution >= 4 is 11.9 Å². The van der Waals surface area contributed by atoms with Gasteiger partial charge >= 0.3 is 5.97 Å². The third-order valence-corrected chi connectivity index (χ3v) is 5.95. The summed E-state index contributed by atoms with van der Waals surface area (Å²) in [5.41, 5.74) is 1.16. The zero-order valence-corrected chi connectivity index (χ0v) is 15.6. The first-order valence-corrected chi connectivity index (χ1v) is 9.41. The molecule has 2 aliphatic heterocycles. The van der Waals surface area contributed by atoms with Gasteiger partial charge in [-0.15, -0.1) is 0 Å². The first-order valence-electron chi connectivity index (χ1n) is 9.41. The van der Waals surface area contributed by atoms with Crippen LogP contribution in [0.25, 0.3) is 5.69 Å². The summed E-state index contributed by atoms with van der Waals surface area (Å²) in [6.45, 7) is 0.547. The van der Waals surface area contributed by atoms with Gasteiger partial charge in [-0.3, -0.25) is 9.59 Å². The van der Waals surface area contributed by atoms with Gasteiger partial charge in [0.15, 0.2) is 0 Å². The molecule has 3 aromatic rings. The van der Waals surface area contributed by atoms with Gasteiger partial charge in [0, 0.05) is 48.2 Å². The minimum absolute atomic E-state index is 0.0629. The zero-order valence-electron chi connectivity index (χ0n) is 15.6. The number of hydrogen-bond donors (Lipinski definition) is 1. The Labute approximate surface area is 167 Å². The van der Waals surface area contributed by atoms with Crippen molar-refractivity contribution in [3.63, 3.8) is 0 Å². The largest absolute Gasteiger partial charge is 0.492 e. The van der Waals surface area contributed by atoms with Crippen molar-refractivity contribution in [3.05, 3.63) is 78.4 Å². The quantitative estimate of drug-likeness (QED) is 0.744. The molecular weight excluding hydrogens is 370 g/mol. The molecule has 7 heteroatoms. The smallest absolute Gasteiger partial charge is 0.315 e. The second kappa shape index (κ2) is 6.48. The highest BCUT2D eigenvalue weighted by Gasteiger charge is 2.57. The number of rotatable bonds is 3. The molecule has 0 saturated carbocycles. The summed E-state index contributed by atoms with van der Waals surface area (Å²) in [7, 11) is 0. The van der Waals surface area contributed by atoms with Crippen LogP contribution in [-0.2, 0) is 4.79 Å². The molecule has 5 rings (SSSR count). The lowest BCUT2D eigenvalue weighted by Gasteiger charge is -2.35. The van der Waals surface area contributed by atoms with Crippen LogP contribution in [0.1, 0.15) is 21.8 Å². The van der Waals surface area contributed by atoms with E-state index in [1.807, 2.05) is 47.2 Å². The van der Waals surface area contributed by atoms with Crippen LogP contribution in [0.5, 0.6) is 5.75 Å². The first kappa shape index (κ1) is 17.5. The van der Waals surface area contributed by atoms with Gasteiger partial charge in [0.05, 0.1) is 6.33 Å². The third-order valence-electron chi connectivity index (χ3n) is 5.95. The Balaban J connectivity index is 1.44. The van der Waals surface area contributed by atoms with Crippen molar-refractivity contribution < 1.29 is 19.4 Å². The highest BCUT2D eigenvalue weighted by molar-refractivity contribution is 5.95. The van der Waals surface area contributed by atoms with Gasteiger partial charge in [-0.1, -0.05) is 18.2 Å². The number of nitrogens with zero attached hydrogens (tertiary/aromatic N) is 3. The molecule has 1 N–H and O–H groups in total. The van der Waals surface area contributed by atoms with Crippen LogP contribution in [0.2, 0.25) is 0 Å². The standard InChI is InChI=1S/C22H19N3O4/c26-20(15-5-7-16(8-6-15)24-10-9-23-14-24)25-11-18-17-3-1-2-4-19(17)29-13-22(18,12-25)21(27)28/h1-10,14,18H,11-13H2,(H,27,28)/t18-,22-/m1/s1. The molecule has 0 bridgehead atoms. The minimum atomic E-state index is -1.12. The summed E-state index contributed by atoms with van der Waals surface area (Å²) in [5.74, 6) is -0.690. The Morgan fingerprint density at radius 3 is 2.66 bits per heavy atom. The number of para-hydroxylation sites is 1. The molecule has 0 unspecified atom stereocenters. The van der Waals surface area contributed by atoms with Crippen molar-refractivity contribution in [2.45, 2.75) is 5.92 Å². The number of aromatic nitrogens is 2. The van der Waals surface area contributed by atoms with E-state index in [2.05, 4.69) is 4.98 Å². The fraction of sp³-hybridized carbons (Fsp3) is 0.227. The summed E-state index contributed by atoms with van der Waals surface area (Å²) >= 11 is 0. The number of aliphatic carboxylic acids is 1. The predicted molar refractivity (Wildman–Crippen MR) is 104 cm³/mol. The number of amides is 1. The molecule has 2 aliphatic rings. The Morgan fingerprint density at radius 1 is 1.14 bits per heavy atom. The molecule has 146 valence electrons. The summed E-state index contributed by atoms with van der Waals surface area (Å²) in [4.78, 5) is 31.0. The minimum Gasteiger partial charge on any atom is -0.492 e. The van der Waals surface area contributed by atoms with Crippen molar-refractivity contribution in [2.75, 3.05) is 19.7 Å². The van der Waals surface area contributed by atoms with E-state index in [0.29, 0.717) is 17.9 Å². The van der Waals surface area contributed by atoms with E-state index in [0.717, 1.165) is 11.3 Å². The molecule has 3 heterocycles. The summed E-state index contributed by atoms with van der Waals surface area (Å²) in [5, 5.41) is 10.0. The van der Waals surface area contributed by atoms with Crippen LogP contribution in [0, 0.1) is 5.41 Å². The number of hydrogen-bond acceptors (Lipinski definition) is 4. The molecule has 0 radical (unpaired) electrons. The lowest BCUT2D eigenvalue weighted by atomic mass is 9.73. The van der Waals surface area contributed by atoms with Crippen LogP contribution in [-0.4, -0.2) is 51.1 Å². The molecule has 29 heavy (non-hydrogen) atoms. The van der Waals surface area contributed by atoms with Gasteiger partial charge in [0.1, 0.15) is 17.8 Å². The van der Waals surface area contributed by atoms with E-state index in [4.69, 9.17) is 4.74 Å². The molecule has 1 saturated heterocycles. The molecular formula is C22H19N3O4. The van der Waals surface area contributed by atoms with Crippen molar-refractivity contribution in [1.82, 2.24) is 14.5 Å². The van der Waals surface area contributed by atoms with Gasteiger partial charge in [-0.05, 0) is 30.3 Å². The molecule has 2 aromatic carbocycles. The third kappa shape index (κ3) is 2.69. The second-order valence-corrected chi connectivity index (χ2v) is 7.54. The van der Waals surface area contributed by atoms with E-state index in [-0.39, 0.29) is 25.0 Å². The number of fused-ring (bicyclic) bond motifs is 3. The summed E-state index contributed by atoms with van der Waals surface area (Å²) < 4.78 is 7.62. The van der Waals surface area contributed by atoms with Gasteiger partial charge in [0.25, 0.3) is 5.91 Å². The van der Waals surface area contributed by atoms with Crippen LogP contribution in [0.15, 0.2) is 67.3 Å². The van der Waals surface area contributed by atoms with Crippen molar-refractivity contribution in [1.29, 1.82) is 0 Å². The number of imidazole rings is 1. The second-order valence-electron chi connectivity index (χ2n) is 7.54. The molecule has 0 aliphatic carbocycles. The number of carbonyl (C=O) groups excluding carboxylic acids is 1. The predicted octanol–water partition coefficient (Wildman–Crippen LogP) is 2.58. The van der Waals surface area contributed by atoms with Crippen molar-refractivity contribution in [2.24, 2.45) is 5.41 Å². The maximum absolute atomic E-state index is 13.1. The van der Waals surface area contributed by atoms with Gasteiger partial charge in [0.2, 0.25) is 0 Å². The van der Waals surface area contributed by atoms with Crippen LogP contribution >= 0.6 is 0 Å². The Morgan fingerprint density at radius 2 is 1.93 bits per heavy atom. The van der Waals surface area contributed by atoms with E-state index in [9.17, 15) is 14.7 Å². The summed E-state index contributed by atoms with van der Waals surface area (Å²) in [6.07, 6.45) is 5.21. The monoisotopic (exact) mass is 389 g/mol. The highest BCUT2D eigenvalue weighted by atomic mass is 16.5. The molecule has 0 spiro atoms. The number of benzene rings is 2. The zero-order chi connectivity index (χ0) is 20.0. The fourth-order valence-electron chi connectivity index (χ4n) is 4.36. The van der Waals surface area contributed by atoms with E-state index < -0.39 is 11.4 Å². The van der Waals surface area contributed by atoms with Crippen LogP contribution < -0.4 is 4.74 Å². The van der Waals surface area contributed by atoms with E-state index >= 15 is 0 Å². The van der Waals surface area contributed by atoms with Gasteiger partial charge in [-0.25, -0.2) is 4.98 Å². The number of carboxylic acid groups (broad SMARTS) is 1. The van der Waals surface area contributed by atoms with Gasteiger partial charge < -0.3 is 19.3 Å². The average Bonchev–Trinajstić information content (AvgIpc) is 3.42. The number of carboxylic acids is 1. The Kier molecular flexibility index (Phi) is 3.91. The Hall–Kier alpha value is -3.61. The van der Waals surface area contributed by atoms with E-state index in [1.54, 1.807) is 29.6 Å². The SMILES string of the molecule is O=C(c1ccc(-n2ccnc2)cc1)N1C[C@@H]2c3ccccc3OC[C@]2(C(=O)O)C1. The molecule has 1 fully saturated rings. The average molecular weight is 389 g/mol. The Bertz CT molecular complexity index is 1080. The van der Waals surface area contributed by atoms with Crippen molar-refractivity contribution in [3.8, 4) is 11.4 Å². The van der Waals surface area contributed by atoms with E-state index in [1.165, 1.54) is 0 Å². The lowest BCUT2D eigenvalue weighted by Crippen LogP contribution is -2.46. The number of likely N-dealkylation sites (tertiary alicyclic amines) is 1. The molecule has 7 nitrogen and oxygen atoms in total. The lowest BCUT2D eigenvalue weighted by molar-refractivity contribution is -0.151. The normalized spacial score (nSPS) is 22.5. The maximum Gasteiger partial charge on any atom is 0.315 e. The topological polar surface area (TPSA) is 84.7 Å². The molecule has 2 atom stereocenters. The highest BCUT2D eigenvalue weighted by Crippen LogP contribution is 2.49. The molecule has 1 amide bonds. The fourth-order valence-corrected chi connectivity index (χ4v) is 4.36. The number of ether oxygens (including phenoxy) is 1. The van der Waals surface area contributed by atoms with Crippen LogP contribution in [0.4, 0.5) is 0 Å². The number of carbonyl (C=O) groups is 2. The molecule has 1 aromatic heterocycles. The summed E-state index contributed by atoms with van der Waals surface area (Å²) in [6, 6.07) is 14.7. The first-order chi connectivity index (χ1) is 14.1. The maximum atomic E-state index is 13.1.